The molecule has 0 fully saturated rings. The topological polar surface area (TPSA) is 58.1 Å². The summed E-state index contributed by atoms with van der Waals surface area (Å²) in [5, 5.41) is 4.21. The Labute approximate surface area is 131 Å². The molecule has 8 heteroatoms. The van der Waals surface area contributed by atoms with Crippen LogP contribution in [0.15, 0.2) is 6.07 Å². The van der Waals surface area contributed by atoms with Crippen molar-refractivity contribution in [3.8, 4) is 0 Å². The van der Waals surface area contributed by atoms with Gasteiger partial charge in [-0.25, -0.2) is 0 Å². The third kappa shape index (κ3) is 3.31. The van der Waals surface area contributed by atoms with Gasteiger partial charge >= 0.3 is 0 Å². The molecule has 0 aliphatic heterocycles. The molecule has 0 atom stereocenters. The molecule has 0 saturated carbocycles. The summed E-state index contributed by atoms with van der Waals surface area (Å²) in [6.07, 6.45) is 1.21. The molecule has 2 rings (SSSR count). The molecule has 0 spiro atoms. The second kappa shape index (κ2) is 6.56. The van der Waals surface area contributed by atoms with Gasteiger partial charge in [0.1, 0.15) is 11.0 Å². The van der Waals surface area contributed by atoms with Gasteiger partial charge < -0.3 is 10.2 Å². The Morgan fingerprint density at radius 2 is 2.00 bits per heavy atom. The van der Waals surface area contributed by atoms with Crippen LogP contribution in [0.25, 0.3) is 11.0 Å². The molecule has 108 valence electrons. The number of carbonyl (C=O) groups excluding carboxylic acids is 1. The summed E-state index contributed by atoms with van der Waals surface area (Å²) in [7, 11) is 3.49. The summed E-state index contributed by atoms with van der Waals surface area (Å²) in [6.45, 7) is 0.632. The fraction of sp³-hybridized carbons (Fsp3) is 0.417. The smallest absolute Gasteiger partial charge is 0.222 e. The molecule has 1 aromatic heterocycles. The monoisotopic (exact) mass is 332 g/mol. The maximum Gasteiger partial charge on any atom is 0.222 e. The number of halogens is 2. The zero-order valence-electron chi connectivity index (χ0n) is 11.1. The molecule has 0 saturated heterocycles. The van der Waals surface area contributed by atoms with Crippen LogP contribution in [0.2, 0.25) is 10.0 Å². The molecule has 0 bridgehead atoms. The molecule has 5 nitrogen and oxygen atoms in total. The van der Waals surface area contributed by atoms with Crippen LogP contribution in [0.4, 0.5) is 5.69 Å². The zero-order chi connectivity index (χ0) is 14.7. The van der Waals surface area contributed by atoms with E-state index in [4.69, 9.17) is 23.2 Å². The standard InChI is InChI=1S/C12H14Cl2N4OS/c1-18(2)9(19)4-3-5-15-10-7(13)6-8(14)11-12(10)17-20-16-11/h6,15H,3-5H2,1-2H3. The highest BCUT2D eigenvalue weighted by Gasteiger charge is 2.13. The first-order valence-electron chi connectivity index (χ1n) is 6.05. The summed E-state index contributed by atoms with van der Waals surface area (Å²) >= 11 is 13.3. The number of rotatable bonds is 5. The fourth-order valence-corrected chi connectivity index (χ4v) is 2.90. The van der Waals surface area contributed by atoms with Crippen molar-refractivity contribution in [2.24, 2.45) is 0 Å². The van der Waals surface area contributed by atoms with E-state index in [1.54, 1.807) is 25.1 Å². The van der Waals surface area contributed by atoms with Crippen molar-refractivity contribution in [1.29, 1.82) is 0 Å². The summed E-state index contributed by atoms with van der Waals surface area (Å²) in [6, 6.07) is 1.65. The zero-order valence-corrected chi connectivity index (χ0v) is 13.4. The van der Waals surface area contributed by atoms with Crippen LogP contribution in [-0.4, -0.2) is 40.2 Å². The Bertz CT molecular complexity index is 629. The molecule has 1 N–H and O–H groups in total. The highest BCUT2D eigenvalue weighted by atomic mass is 35.5. The van der Waals surface area contributed by atoms with Crippen LogP contribution in [0.3, 0.4) is 0 Å². The van der Waals surface area contributed by atoms with E-state index in [9.17, 15) is 4.79 Å². The van der Waals surface area contributed by atoms with Crippen LogP contribution >= 0.6 is 34.9 Å². The minimum Gasteiger partial charge on any atom is -0.382 e. The van der Waals surface area contributed by atoms with E-state index in [0.29, 0.717) is 34.0 Å². The van der Waals surface area contributed by atoms with Crippen molar-refractivity contribution >= 4 is 57.6 Å². The number of nitrogens with one attached hydrogen (secondary N) is 1. The van der Waals surface area contributed by atoms with Crippen LogP contribution < -0.4 is 5.32 Å². The van der Waals surface area contributed by atoms with E-state index in [1.165, 1.54) is 0 Å². The number of carbonyl (C=O) groups is 1. The van der Waals surface area contributed by atoms with Crippen molar-refractivity contribution in [3.05, 3.63) is 16.1 Å². The van der Waals surface area contributed by atoms with Gasteiger partial charge in [0, 0.05) is 27.1 Å². The molecule has 20 heavy (non-hydrogen) atoms. The van der Waals surface area contributed by atoms with E-state index in [2.05, 4.69) is 14.1 Å². The first-order chi connectivity index (χ1) is 9.50. The summed E-state index contributed by atoms with van der Waals surface area (Å²) in [4.78, 5) is 13.1. The van der Waals surface area contributed by atoms with E-state index in [-0.39, 0.29) is 5.91 Å². The van der Waals surface area contributed by atoms with Crippen molar-refractivity contribution < 1.29 is 4.79 Å². The van der Waals surface area contributed by atoms with Gasteiger partial charge in [-0.3, -0.25) is 4.79 Å². The number of hydrogen-bond acceptors (Lipinski definition) is 5. The highest BCUT2D eigenvalue weighted by Crippen LogP contribution is 2.35. The Balaban J connectivity index is 2.03. The van der Waals surface area contributed by atoms with Gasteiger partial charge in [0.15, 0.2) is 0 Å². The lowest BCUT2D eigenvalue weighted by Gasteiger charge is -2.11. The highest BCUT2D eigenvalue weighted by molar-refractivity contribution is 7.00. The maximum absolute atomic E-state index is 11.5. The Hall–Kier alpha value is -1.11. The lowest BCUT2D eigenvalue weighted by atomic mass is 10.2. The Morgan fingerprint density at radius 1 is 1.30 bits per heavy atom. The predicted molar refractivity (Wildman–Crippen MR) is 83.9 cm³/mol. The minimum absolute atomic E-state index is 0.106. The summed E-state index contributed by atoms with van der Waals surface area (Å²) in [5.41, 5.74) is 2.04. The van der Waals surface area contributed by atoms with Gasteiger partial charge in [-0.2, -0.15) is 8.75 Å². The number of benzene rings is 1. The average Bonchev–Trinajstić information content (AvgIpc) is 2.86. The predicted octanol–water partition coefficient (Wildman–Crippen LogP) is 3.28. The second-order valence-corrected chi connectivity index (χ2v) is 5.84. The van der Waals surface area contributed by atoms with E-state index in [1.807, 2.05) is 0 Å². The van der Waals surface area contributed by atoms with Crippen molar-refractivity contribution in [2.75, 3.05) is 26.0 Å². The first kappa shape index (κ1) is 15.3. The number of aromatic nitrogens is 2. The van der Waals surface area contributed by atoms with E-state index in [0.717, 1.165) is 23.8 Å². The SMILES string of the molecule is CN(C)C(=O)CCCNc1c(Cl)cc(Cl)c2nsnc12. The number of hydrogen-bond donors (Lipinski definition) is 1. The number of anilines is 1. The minimum atomic E-state index is 0.106. The van der Waals surface area contributed by atoms with Gasteiger partial charge in [-0.05, 0) is 12.5 Å². The van der Waals surface area contributed by atoms with Crippen molar-refractivity contribution in [2.45, 2.75) is 12.8 Å². The number of fused-ring (bicyclic) bond motifs is 1. The molecule has 1 amide bonds. The van der Waals surface area contributed by atoms with Gasteiger partial charge in [0.2, 0.25) is 5.91 Å². The lowest BCUT2D eigenvalue weighted by Crippen LogP contribution is -2.22. The summed E-state index contributed by atoms with van der Waals surface area (Å²) < 4.78 is 8.35. The van der Waals surface area contributed by atoms with E-state index >= 15 is 0 Å². The van der Waals surface area contributed by atoms with E-state index < -0.39 is 0 Å². The molecule has 1 aromatic carbocycles. The molecule has 0 aliphatic carbocycles. The lowest BCUT2D eigenvalue weighted by molar-refractivity contribution is -0.128. The molecule has 2 aromatic rings. The van der Waals surface area contributed by atoms with Gasteiger partial charge in [0.25, 0.3) is 0 Å². The molecule has 0 radical (unpaired) electrons. The van der Waals surface area contributed by atoms with Gasteiger partial charge in [0.05, 0.1) is 27.5 Å². The number of amides is 1. The van der Waals surface area contributed by atoms with Crippen LogP contribution in [-0.2, 0) is 4.79 Å². The third-order valence-corrected chi connectivity index (χ3v) is 3.93. The van der Waals surface area contributed by atoms with Crippen LogP contribution in [0.1, 0.15) is 12.8 Å². The maximum atomic E-state index is 11.5. The fourth-order valence-electron chi connectivity index (χ4n) is 1.72. The number of nitrogens with zero attached hydrogens (tertiary/aromatic N) is 3. The second-order valence-electron chi connectivity index (χ2n) is 4.50. The summed E-state index contributed by atoms with van der Waals surface area (Å²) in [5.74, 6) is 0.106. The quantitative estimate of drug-likeness (QED) is 0.853. The van der Waals surface area contributed by atoms with Gasteiger partial charge in [-0.1, -0.05) is 23.2 Å². The molecular formula is C12H14Cl2N4OS. The molecule has 0 aliphatic rings. The van der Waals surface area contributed by atoms with Crippen LogP contribution in [0, 0.1) is 0 Å². The van der Waals surface area contributed by atoms with Crippen molar-refractivity contribution in [3.63, 3.8) is 0 Å². The molecule has 0 unspecified atom stereocenters. The average molecular weight is 333 g/mol. The Kier molecular flexibility index (Phi) is 5.01. The molecular weight excluding hydrogens is 319 g/mol. The molecule has 1 heterocycles. The largest absolute Gasteiger partial charge is 0.382 e. The first-order valence-corrected chi connectivity index (χ1v) is 7.53. The normalized spacial score (nSPS) is 10.8. The Morgan fingerprint density at radius 3 is 2.70 bits per heavy atom. The van der Waals surface area contributed by atoms with Gasteiger partial charge in [-0.15, -0.1) is 0 Å². The van der Waals surface area contributed by atoms with Crippen molar-refractivity contribution in [1.82, 2.24) is 13.6 Å². The van der Waals surface area contributed by atoms with Crippen LogP contribution in [0.5, 0.6) is 0 Å². The third-order valence-electron chi connectivity index (χ3n) is 2.81.